The molecule has 3 nitrogen and oxygen atoms in total. The molecule has 0 fully saturated rings. The Morgan fingerprint density at radius 2 is 2.20 bits per heavy atom. The molecule has 0 aromatic carbocycles. The number of aromatic nitrogens is 1. The van der Waals surface area contributed by atoms with E-state index in [9.17, 15) is 0 Å². The van der Waals surface area contributed by atoms with Gasteiger partial charge in [0.2, 0.25) is 0 Å². The summed E-state index contributed by atoms with van der Waals surface area (Å²) in [6, 6.07) is 0. The number of nitrogens with one attached hydrogen (secondary N) is 1. The van der Waals surface area contributed by atoms with Crippen LogP contribution in [0, 0.1) is 0 Å². The van der Waals surface area contributed by atoms with Crippen LogP contribution < -0.4 is 5.32 Å². The monoisotopic (exact) mass is 228 g/mol. The molecule has 15 heavy (non-hydrogen) atoms. The number of nitrogens with zero attached hydrogens (tertiary/aromatic N) is 1. The largest absolute Gasteiger partial charge is 0.383 e. The first kappa shape index (κ1) is 12.6. The average Bonchev–Trinajstić information content (AvgIpc) is 2.60. The van der Waals surface area contributed by atoms with Crippen molar-refractivity contribution < 1.29 is 4.74 Å². The Bertz CT molecular complexity index is 291. The van der Waals surface area contributed by atoms with Gasteiger partial charge in [-0.2, -0.15) is 0 Å². The Balaban J connectivity index is 2.40. The lowest BCUT2D eigenvalue weighted by molar-refractivity contribution is 0.199. The van der Waals surface area contributed by atoms with Gasteiger partial charge in [0.1, 0.15) is 0 Å². The number of hydrogen-bond donors (Lipinski definition) is 1. The molecular formula is C11H20N2OS. The predicted molar refractivity (Wildman–Crippen MR) is 64.4 cm³/mol. The second-order valence-electron chi connectivity index (χ2n) is 4.55. The first-order valence-electron chi connectivity index (χ1n) is 5.19. The molecule has 1 N–H and O–H groups in total. The van der Waals surface area contributed by atoms with E-state index in [2.05, 4.69) is 31.1 Å². The van der Waals surface area contributed by atoms with Gasteiger partial charge in [-0.25, -0.2) is 4.98 Å². The highest BCUT2D eigenvalue weighted by molar-refractivity contribution is 7.11. The summed E-state index contributed by atoms with van der Waals surface area (Å²) in [6.45, 7) is 9.09. The fourth-order valence-electron chi connectivity index (χ4n) is 1.12. The van der Waals surface area contributed by atoms with Crippen LogP contribution in [0.5, 0.6) is 0 Å². The van der Waals surface area contributed by atoms with Crippen molar-refractivity contribution in [3.63, 3.8) is 0 Å². The fraction of sp³-hybridized carbons (Fsp3) is 0.727. The molecule has 0 aliphatic heterocycles. The summed E-state index contributed by atoms with van der Waals surface area (Å²) in [5.74, 6) is 0. The second-order valence-corrected chi connectivity index (χ2v) is 5.67. The van der Waals surface area contributed by atoms with Crippen LogP contribution in [-0.4, -0.2) is 25.2 Å². The second kappa shape index (κ2) is 5.58. The van der Waals surface area contributed by atoms with Gasteiger partial charge < -0.3 is 10.1 Å². The molecule has 0 aliphatic carbocycles. The van der Waals surface area contributed by atoms with E-state index in [0.717, 1.165) is 19.7 Å². The van der Waals surface area contributed by atoms with Crippen LogP contribution in [0.1, 0.15) is 30.7 Å². The van der Waals surface area contributed by atoms with Crippen molar-refractivity contribution in [1.29, 1.82) is 0 Å². The molecule has 0 radical (unpaired) electrons. The molecule has 1 aromatic heterocycles. The summed E-state index contributed by atoms with van der Waals surface area (Å²) in [6.07, 6.45) is 1.96. The van der Waals surface area contributed by atoms with Crippen molar-refractivity contribution >= 4 is 11.3 Å². The molecule has 1 heterocycles. The molecule has 0 atom stereocenters. The van der Waals surface area contributed by atoms with Gasteiger partial charge >= 0.3 is 0 Å². The smallest absolute Gasteiger partial charge is 0.0981 e. The Morgan fingerprint density at radius 1 is 1.47 bits per heavy atom. The summed E-state index contributed by atoms with van der Waals surface area (Å²) < 4.78 is 4.96. The standard InChI is InChI=1S/C11H20N2OS/c1-11(2,3)10-13-8-9(15-10)7-12-5-6-14-4/h8,12H,5-7H2,1-4H3. The van der Waals surface area contributed by atoms with Crippen molar-refractivity contribution in [3.05, 3.63) is 16.1 Å². The number of thiazole rings is 1. The predicted octanol–water partition coefficient (Wildman–Crippen LogP) is 2.18. The van der Waals surface area contributed by atoms with Crippen LogP contribution >= 0.6 is 11.3 Å². The maximum atomic E-state index is 4.96. The zero-order valence-corrected chi connectivity index (χ0v) is 10.8. The summed E-state index contributed by atoms with van der Waals surface area (Å²) in [7, 11) is 1.71. The van der Waals surface area contributed by atoms with E-state index in [1.54, 1.807) is 18.4 Å². The Hall–Kier alpha value is -0.450. The zero-order chi connectivity index (χ0) is 11.3. The van der Waals surface area contributed by atoms with E-state index < -0.39 is 0 Å². The van der Waals surface area contributed by atoms with Crippen molar-refractivity contribution in [2.45, 2.75) is 32.7 Å². The van der Waals surface area contributed by atoms with Gasteiger partial charge in [-0.3, -0.25) is 0 Å². The van der Waals surface area contributed by atoms with Gasteiger partial charge in [0.05, 0.1) is 11.6 Å². The molecule has 0 amide bonds. The molecule has 0 aliphatic rings. The quantitative estimate of drug-likeness (QED) is 0.784. The topological polar surface area (TPSA) is 34.1 Å². The molecule has 1 aromatic rings. The van der Waals surface area contributed by atoms with E-state index >= 15 is 0 Å². The molecular weight excluding hydrogens is 208 g/mol. The first-order chi connectivity index (χ1) is 7.04. The van der Waals surface area contributed by atoms with Crippen molar-refractivity contribution in [3.8, 4) is 0 Å². The number of methoxy groups -OCH3 is 1. The SMILES string of the molecule is COCCNCc1cnc(C(C)(C)C)s1. The Labute approximate surface area is 95.9 Å². The average molecular weight is 228 g/mol. The highest BCUT2D eigenvalue weighted by atomic mass is 32.1. The summed E-state index contributed by atoms with van der Waals surface area (Å²) >= 11 is 1.78. The zero-order valence-electron chi connectivity index (χ0n) is 9.96. The Morgan fingerprint density at radius 3 is 2.73 bits per heavy atom. The lowest BCUT2D eigenvalue weighted by Gasteiger charge is -2.13. The van der Waals surface area contributed by atoms with Crippen molar-refractivity contribution in [1.82, 2.24) is 10.3 Å². The molecule has 0 saturated carbocycles. The van der Waals surface area contributed by atoms with Crippen LogP contribution in [0.15, 0.2) is 6.20 Å². The highest BCUT2D eigenvalue weighted by Gasteiger charge is 2.17. The van der Waals surface area contributed by atoms with Crippen LogP contribution in [0.4, 0.5) is 0 Å². The normalized spacial score (nSPS) is 12.0. The molecule has 0 saturated heterocycles. The first-order valence-corrected chi connectivity index (χ1v) is 6.00. The molecule has 1 rings (SSSR count). The van der Waals surface area contributed by atoms with Gasteiger partial charge in [-0.1, -0.05) is 20.8 Å². The van der Waals surface area contributed by atoms with Crippen LogP contribution in [-0.2, 0) is 16.7 Å². The lowest BCUT2D eigenvalue weighted by atomic mass is 9.98. The van der Waals surface area contributed by atoms with E-state index in [0.29, 0.717) is 0 Å². The van der Waals surface area contributed by atoms with E-state index in [-0.39, 0.29) is 5.41 Å². The van der Waals surface area contributed by atoms with Gasteiger partial charge in [-0.15, -0.1) is 11.3 Å². The third-order valence-electron chi connectivity index (χ3n) is 1.98. The van der Waals surface area contributed by atoms with E-state index in [4.69, 9.17) is 4.74 Å². The van der Waals surface area contributed by atoms with Gasteiger partial charge in [0.25, 0.3) is 0 Å². The molecule has 86 valence electrons. The van der Waals surface area contributed by atoms with Crippen molar-refractivity contribution in [2.75, 3.05) is 20.3 Å². The maximum Gasteiger partial charge on any atom is 0.0981 e. The number of rotatable bonds is 5. The minimum Gasteiger partial charge on any atom is -0.383 e. The molecule has 4 heteroatoms. The molecule has 0 unspecified atom stereocenters. The highest BCUT2D eigenvalue weighted by Crippen LogP contribution is 2.26. The van der Waals surface area contributed by atoms with Crippen LogP contribution in [0.25, 0.3) is 0 Å². The molecule has 0 bridgehead atoms. The Kier molecular flexibility index (Phi) is 4.70. The lowest BCUT2D eigenvalue weighted by Crippen LogP contribution is -2.17. The number of ether oxygens (including phenoxy) is 1. The third-order valence-corrected chi connectivity index (χ3v) is 3.40. The summed E-state index contributed by atoms with van der Waals surface area (Å²) in [4.78, 5) is 5.72. The van der Waals surface area contributed by atoms with Gasteiger partial charge in [0, 0.05) is 36.7 Å². The fourth-order valence-corrected chi connectivity index (χ4v) is 2.06. The van der Waals surface area contributed by atoms with Gasteiger partial charge in [-0.05, 0) is 0 Å². The minimum absolute atomic E-state index is 0.162. The van der Waals surface area contributed by atoms with Crippen molar-refractivity contribution in [2.24, 2.45) is 0 Å². The summed E-state index contributed by atoms with van der Waals surface area (Å²) in [5, 5.41) is 4.51. The van der Waals surface area contributed by atoms with Crippen LogP contribution in [0.3, 0.4) is 0 Å². The van der Waals surface area contributed by atoms with E-state index in [1.807, 2.05) is 6.20 Å². The third kappa shape index (κ3) is 4.28. The van der Waals surface area contributed by atoms with Crippen LogP contribution in [0.2, 0.25) is 0 Å². The summed E-state index contributed by atoms with van der Waals surface area (Å²) in [5.41, 5.74) is 0.162. The maximum absolute atomic E-state index is 4.96. The van der Waals surface area contributed by atoms with Gasteiger partial charge in [0.15, 0.2) is 0 Å². The van der Waals surface area contributed by atoms with E-state index in [1.165, 1.54) is 9.88 Å². The molecule has 0 spiro atoms. The number of hydrogen-bond acceptors (Lipinski definition) is 4. The minimum atomic E-state index is 0.162.